The molecule has 5 atom stereocenters. The molecule has 1 unspecified atom stereocenters. The first-order chi connectivity index (χ1) is 16.9. The van der Waals surface area contributed by atoms with Crippen molar-refractivity contribution in [3.8, 4) is 11.5 Å². The van der Waals surface area contributed by atoms with Gasteiger partial charge in [0, 0.05) is 25.6 Å². The van der Waals surface area contributed by atoms with Crippen molar-refractivity contribution in [2.75, 3.05) is 19.6 Å². The summed E-state index contributed by atoms with van der Waals surface area (Å²) in [4.78, 5) is 5.76. The molecule has 2 fully saturated rings. The molecule has 0 bridgehead atoms. The van der Waals surface area contributed by atoms with Gasteiger partial charge in [0.05, 0.1) is 5.69 Å². The molecule has 0 spiro atoms. The summed E-state index contributed by atoms with van der Waals surface area (Å²) in [6, 6.07) is 21.7. The lowest BCUT2D eigenvalue weighted by Gasteiger charge is -2.29. The minimum Gasteiger partial charge on any atom is -0.488 e. The number of halogens is 1. The first-order valence-corrected chi connectivity index (χ1v) is 11.8. The molecule has 1 saturated heterocycles. The number of benzene rings is 2. The average molecular weight is 481 g/mol. The van der Waals surface area contributed by atoms with E-state index in [0.717, 1.165) is 5.56 Å². The van der Waals surface area contributed by atoms with Gasteiger partial charge in [0.25, 0.3) is 5.95 Å². The molecule has 0 amide bonds. The number of fused-ring (bicyclic) bond motifs is 1. The number of pyridine rings is 1. The van der Waals surface area contributed by atoms with Gasteiger partial charge in [-0.1, -0.05) is 48.5 Å². The monoisotopic (exact) mass is 480 g/mol. The van der Waals surface area contributed by atoms with Crippen molar-refractivity contribution in [3.63, 3.8) is 0 Å². The van der Waals surface area contributed by atoms with Gasteiger partial charge in [-0.3, -0.25) is 4.90 Å². The standard InChI is InChI=1S/C27H29FN2O5/c28-26-23(34-16-18-7-3-1-4-8-18)12-11-21(29-26)22(31)15-30-14-19-13-24(25(32)27(19,33)17-30)35-20-9-5-2-6-10-20/h1-12,19,22,24-25,31-33H,13-17H2/t19-,22?,24+,25+,27-/m1/s1. The van der Waals surface area contributed by atoms with Gasteiger partial charge in [0.15, 0.2) is 5.75 Å². The van der Waals surface area contributed by atoms with Gasteiger partial charge < -0.3 is 24.8 Å². The number of aliphatic hydroxyl groups is 3. The van der Waals surface area contributed by atoms with Crippen LogP contribution in [0.4, 0.5) is 4.39 Å². The van der Waals surface area contributed by atoms with Gasteiger partial charge in [0.1, 0.15) is 36.3 Å². The number of aromatic nitrogens is 1. The second-order valence-corrected chi connectivity index (χ2v) is 9.35. The number of para-hydroxylation sites is 1. The highest BCUT2D eigenvalue weighted by Gasteiger charge is 2.59. The van der Waals surface area contributed by atoms with Crippen molar-refractivity contribution < 1.29 is 29.2 Å². The van der Waals surface area contributed by atoms with E-state index < -0.39 is 29.9 Å². The normalized spacial score (nSPS) is 26.9. The van der Waals surface area contributed by atoms with E-state index in [9.17, 15) is 19.7 Å². The molecule has 1 aromatic heterocycles. The van der Waals surface area contributed by atoms with E-state index in [4.69, 9.17) is 9.47 Å². The molecule has 1 aliphatic carbocycles. The van der Waals surface area contributed by atoms with Crippen LogP contribution < -0.4 is 9.47 Å². The van der Waals surface area contributed by atoms with Crippen LogP contribution in [0.25, 0.3) is 0 Å². The zero-order valence-electron chi connectivity index (χ0n) is 19.2. The van der Waals surface area contributed by atoms with Crippen LogP contribution >= 0.6 is 0 Å². The molecule has 8 heteroatoms. The number of rotatable bonds is 8. The molecule has 2 aromatic carbocycles. The third-order valence-electron chi connectivity index (χ3n) is 6.92. The first-order valence-electron chi connectivity index (χ1n) is 11.8. The van der Waals surface area contributed by atoms with Crippen LogP contribution in [0.3, 0.4) is 0 Å². The number of ether oxygens (including phenoxy) is 2. The fraction of sp³-hybridized carbons (Fsp3) is 0.370. The number of aliphatic hydroxyl groups excluding tert-OH is 2. The smallest absolute Gasteiger partial charge is 0.255 e. The SMILES string of the molecule is OC(CN1C[C@H]2C[C@H](Oc3ccccc3)[C@H](O)[C@@]2(O)C1)c1ccc(OCc2ccccc2)c(F)n1. The van der Waals surface area contributed by atoms with Crippen molar-refractivity contribution in [2.45, 2.75) is 36.9 Å². The van der Waals surface area contributed by atoms with Gasteiger partial charge in [-0.05, 0) is 36.2 Å². The number of likely N-dealkylation sites (tertiary alicyclic amines) is 1. The summed E-state index contributed by atoms with van der Waals surface area (Å²) in [5, 5.41) is 32.7. The summed E-state index contributed by atoms with van der Waals surface area (Å²) in [6.45, 7) is 1.05. The maximum Gasteiger partial charge on any atom is 0.255 e. The lowest BCUT2D eigenvalue weighted by molar-refractivity contribution is -0.0876. The van der Waals surface area contributed by atoms with Crippen molar-refractivity contribution in [3.05, 3.63) is 90.0 Å². The summed E-state index contributed by atoms with van der Waals surface area (Å²) in [6.07, 6.45) is -2.10. The maximum absolute atomic E-state index is 14.5. The molecule has 35 heavy (non-hydrogen) atoms. The topological polar surface area (TPSA) is 95.3 Å². The van der Waals surface area contributed by atoms with E-state index in [0.29, 0.717) is 18.7 Å². The Hall–Kier alpha value is -3.04. The largest absolute Gasteiger partial charge is 0.488 e. The first kappa shape index (κ1) is 23.7. The molecule has 1 aliphatic heterocycles. The van der Waals surface area contributed by atoms with E-state index in [1.54, 1.807) is 0 Å². The predicted octanol–water partition coefficient (Wildman–Crippen LogP) is 2.71. The number of hydrogen-bond donors (Lipinski definition) is 3. The summed E-state index contributed by atoms with van der Waals surface area (Å²) in [7, 11) is 0. The molecular formula is C27H29FN2O5. The van der Waals surface area contributed by atoms with Crippen LogP contribution in [0.15, 0.2) is 72.8 Å². The van der Waals surface area contributed by atoms with E-state index in [1.807, 2.05) is 65.6 Å². The van der Waals surface area contributed by atoms with Crippen LogP contribution in [-0.2, 0) is 6.61 Å². The van der Waals surface area contributed by atoms with Crippen LogP contribution in [-0.4, -0.2) is 62.6 Å². The molecule has 5 rings (SSSR count). The van der Waals surface area contributed by atoms with Gasteiger partial charge >= 0.3 is 0 Å². The van der Waals surface area contributed by atoms with Crippen LogP contribution in [0.5, 0.6) is 11.5 Å². The van der Waals surface area contributed by atoms with Gasteiger partial charge in [-0.25, -0.2) is 4.98 Å². The zero-order chi connectivity index (χ0) is 24.4. The van der Waals surface area contributed by atoms with Crippen LogP contribution in [0, 0.1) is 11.9 Å². The van der Waals surface area contributed by atoms with Crippen molar-refractivity contribution in [1.29, 1.82) is 0 Å². The summed E-state index contributed by atoms with van der Waals surface area (Å²) >= 11 is 0. The van der Waals surface area contributed by atoms with Crippen molar-refractivity contribution in [1.82, 2.24) is 9.88 Å². The molecule has 0 radical (unpaired) electrons. The van der Waals surface area contributed by atoms with Crippen LogP contribution in [0.2, 0.25) is 0 Å². The molecule has 2 heterocycles. The lowest BCUT2D eigenvalue weighted by atomic mass is 9.93. The van der Waals surface area contributed by atoms with E-state index >= 15 is 0 Å². The second kappa shape index (κ2) is 9.91. The Morgan fingerprint density at radius 3 is 2.46 bits per heavy atom. The fourth-order valence-electron chi connectivity index (χ4n) is 5.09. The van der Waals surface area contributed by atoms with Crippen molar-refractivity contribution >= 4 is 0 Å². The highest BCUT2D eigenvalue weighted by atomic mass is 19.1. The molecule has 3 aromatic rings. The molecule has 2 aliphatic rings. The molecule has 3 N–H and O–H groups in total. The third kappa shape index (κ3) is 5.01. The number of β-amino-alcohol motifs (C(OH)–C–C–N with tert-alkyl or cyclic N) is 2. The molecule has 7 nitrogen and oxygen atoms in total. The molecule has 184 valence electrons. The fourth-order valence-corrected chi connectivity index (χ4v) is 5.09. The Kier molecular flexibility index (Phi) is 6.71. The summed E-state index contributed by atoms with van der Waals surface area (Å²) in [5.74, 6) is -0.318. The summed E-state index contributed by atoms with van der Waals surface area (Å²) in [5.41, 5.74) is -0.232. The number of nitrogens with zero attached hydrogens (tertiary/aromatic N) is 2. The summed E-state index contributed by atoms with van der Waals surface area (Å²) < 4.78 is 25.9. The van der Waals surface area contributed by atoms with Gasteiger partial charge in [-0.2, -0.15) is 4.39 Å². The van der Waals surface area contributed by atoms with E-state index in [-0.39, 0.29) is 37.1 Å². The predicted molar refractivity (Wildman–Crippen MR) is 126 cm³/mol. The second-order valence-electron chi connectivity index (χ2n) is 9.35. The maximum atomic E-state index is 14.5. The lowest BCUT2D eigenvalue weighted by Crippen LogP contribution is -2.49. The third-order valence-corrected chi connectivity index (χ3v) is 6.92. The zero-order valence-corrected chi connectivity index (χ0v) is 19.2. The van der Waals surface area contributed by atoms with Crippen LogP contribution in [0.1, 0.15) is 23.8 Å². The Labute approximate surface area is 203 Å². The van der Waals surface area contributed by atoms with Crippen molar-refractivity contribution in [2.24, 2.45) is 5.92 Å². The van der Waals surface area contributed by atoms with Gasteiger partial charge in [0.2, 0.25) is 0 Å². The number of hydrogen-bond acceptors (Lipinski definition) is 7. The van der Waals surface area contributed by atoms with E-state index in [1.165, 1.54) is 12.1 Å². The Morgan fingerprint density at radius 1 is 1.06 bits per heavy atom. The molecule has 1 saturated carbocycles. The van der Waals surface area contributed by atoms with Gasteiger partial charge in [-0.15, -0.1) is 0 Å². The minimum absolute atomic E-state index is 0.0161. The Balaban J connectivity index is 1.17. The van der Waals surface area contributed by atoms with E-state index in [2.05, 4.69) is 4.98 Å². The Morgan fingerprint density at radius 2 is 1.77 bits per heavy atom. The molecular weight excluding hydrogens is 451 g/mol. The Bertz CT molecular complexity index is 1130. The highest BCUT2D eigenvalue weighted by Crippen LogP contribution is 2.43. The quantitative estimate of drug-likeness (QED) is 0.427. The highest BCUT2D eigenvalue weighted by molar-refractivity contribution is 5.25. The average Bonchev–Trinajstić information content (AvgIpc) is 3.29. The minimum atomic E-state index is -1.33.